The van der Waals surface area contributed by atoms with Crippen molar-refractivity contribution in [2.45, 2.75) is 20.4 Å². The lowest BCUT2D eigenvalue weighted by atomic mass is 10.1. The Hall–Kier alpha value is -1.91. The predicted molar refractivity (Wildman–Crippen MR) is 107 cm³/mol. The summed E-state index contributed by atoms with van der Waals surface area (Å²) in [6, 6.07) is 16.9. The average Bonchev–Trinajstić information content (AvgIpc) is 2.51. The fourth-order valence-corrected chi connectivity index (χ4v) is 2.94. The van der Waals surface area contributed by atoms with E-state index < -0.39 is 0 Å². The minimum Gasteiger partial charge on any atom is -0.339 e. The lowest BCUT2D eigenvalue weighted by Gasteiger charge is -2.26. The fourth-order valence-electron chi connectivity index (χ4n) is 2.66. The lowest BCUT2D eigenvalue weighted by Crippen LogP contribution is -3.06. The molecule has 4 heteroatoms. The molecular formula is C20H28N3S+. The maximum atomic E-state index is 5.70. The Kier molecular flexibility index (Phi) is 6.76. The third-order valence-electron chi connectivity index (χ3n) is 3.86. The Balaban J connectivity index is 2.10. The molecule has 0 unspecified atom stereocenters. The van der Waals surface area contributed by atoms with Crippen LogP contribution in [-0.4, -0.2) is 37.2 Å². The summed E-state index contributed by atoms with van der Waals surface area (Å²) in [4.78, 5) is 3.66. The van der Waals surface area contributed by atoms with Crippen LogP contribution in [0.25, 0.3) is 0 Å². The minimum absolute atomic E-state index is 0.783. The molecule has 0 atom stereocenters. The van der Waals surface area contributed by atoms with Gasteiger partial charge in [0.2, 0.25) is 0 Å². The van der Waals surface area contributed by atoms with Gasteiger partial charge in [-0.05, 0) is 54.9 Å². The van der Waals surface area contributed by atoms with Crippen LogP contribution < -0.4 is 10.2 Å². The maximum Gasteiger partial charge on any atom is 0.173 e. The summed E-state index contributed by atoms with van der Waals surface area (Å²) in [5.74, 6) is 0. The van der Waals surface area contributed by atoms with Crippen LogP contribution in [0.5, 0.6) is 0 Å². The van der Waals surface area contributed by atoms with E-state index in [1.807, 2.05) is 6.07 Å². The van der Waals surface area contributed by atoms with Gasteiger partial charge in [-0.15, -0.1) is 0 Å². The highest BCUT2D eigenvalue weighted by Gasteiger charge is 2.12. The summed E-state index contributed by atoms with van der Waals surface area (Å²) in [7, 11) is 4.34. The molecule has 24 heavy (non-hydrogen) atoms. The zero-order valence-electron chi connectivity index (χ0n) is 15.1. The van der Waals surface area contributed by atoms with Gasteiger partial charge >= 0.3 is 0 Å². The van der Waals surface area contributed by atoms with Crippen LogP contribution in [0.15, 0.2) is 48.5 Å². The molecule has 2 N–H and O–H groups in total. The van der Waals surface area contributed by atoms with Crippen molar-refractivity contribution >= 4 is 23.0 Å². The van der Waals surface area contributed by atoms with E-state index in [0.29, 0.717) is 0 Å². The van der Waals surface area contributed by atoms with Gasteiger partial charge in [-0.25, -0.2) is 0 Å². The molecule has 0 radical (unpaired) electrons. The number of anilines is 1. The molecule has 0 saturated heterocycles. The van der Waals surface area contributed by atoms with E-state index in [9.17, 15) is 0 Å². The molecular weight excluding hydrogens is 314 g/mol. The zero-order valence-corrected chi connectivity index (χ0v) is 15.9. The number of benzene rings is 2. The van der Waals surface area contributed by atoms with Gasteiger partial charge in [-0.2, -0.15) is 0 Å². The molecule has 0 aliphatic heterocycles. The molecule has 0 aromatic heterocycles. The Labute approximate surface area is 151 Å². The molecule has 2 aromatic rings. The van der Waals surface area contributed by atoms with Crippen LogP contribution >= 0.6 is 12.2 Å². The molecule has 0 spiro atoms. The molecule has 2 aromatic carbocycles. The quantitative estimate of drug-likeness (QED) is 0.788. The van der Waals surface area contributed by atoms with Crippen LogP contribution in [0.4, 0.5) is 5.69 Å². The Bertz CT molecular complexity index is 648. The van der Waals surface area contributed by atoms with Crippen molar-refractivity contribution < 1.29 is 4.90 Å². The number of quaternary nitrogens is 1. The van der Waals surface area contributed by atoms with Crippen LogP contribution in [-0.2, 0) is 6.54 Å². The second kappa shape index (κ2) is 8.81. The smallest absolute Gasteiger partial charge is 0.173 e. The van der Waals surface area contributed by atoms with Gasteiger partial charge in [0.1, 0.15) is 0 Å². The number of nitrogens with zero attached hydrogens (tertiary/aromatic N) is 1. The summed E-state index contributed by atoms with van der Waals surface area (Å²) >= 11 is 5.70. The third-order valence-corrected chi connectivity index (χ3v) is 4.22. The number of hydrogen-bond donors (Lipinski definition) is 2. The first-order valence-electron chi connectivity index (χ1n) is 8.41. The molecule has 0 bridgehead atoms. The summed E-state index contributed by atoms with van der Waals surface area (Å²) in [6.45, 7) is 7.01. The van der Waals surface area contributed by atoms with Gasteiger partial charge in [-0.3, -0.25) is 0 Å². The Morgan fingerprint density at radius 1 is 1.04 bits per heavy atom. The predicted octanol–water partition coefficient (Wildman–Crippen LogP) is 2.65. The van der Waals surface area contributed by atoms with E-state index in [1.165, 1.54) is 21.6 Å². The van der Waals surface area contributed by atoms with E-state index in [-0.39, 0.29) is 0 Å². The van der Waals surface area contributed by atoms with E-state index in [1.54, 1.807) is 0 Å². The molecule has 0 aliphatic rings. The lowest BCUT2D eigenvalue weighted by molar-refractivity contribution is -0.857. The molecule has 0 saturated carbocycles. The van der Waals surface area contributed by atoms with Gasteiger partial charge in [-0.1, -0.05) is 36.4 Å². The number of thiocarbonyl (C=S) groups is 1. The molecule has 0 fully saturated rings. The van der Waals surface area contributed by atoms with Crippen molar-refractivity contribution in [1.29, 1.82) is 0 Å². The summed E-state index contributed by atoms with van der Waals surface area (Å²) < 4.78 is 0. The second-order valence-corrected chi connectivity index (χ2v) is 7.06. The summed E-state index contributed by atoms with van der Waals surface area (Å²) in [6.07, 6.45) is 0. The van der Waals surface area contributed by atoms with Gasteiger partial charge in [0, 0.05) is 12.2 Å². The molecule has 0 aliphatic carbocycles. The highest BCUT2D eigenvalue weighted by Crippen LogP contribution is 2.15. The van der Waals surface area contributed by atoms with Gasteiger partial charge < -0.3 is 15.1 Å². The first-order valence-corrected chi connectivity index (χ1v) is 8.82. The Morgan fingerprint density at radius 2 is 1.67 bits per heavy atom. The number of aryl methyl sites for hydroxylation is 2. The van der Waals surface area contributed by atoms with Crippen molar-refractivity contribution in [2.75, 3.05) is 32.5 Å². The summed E-state index contributed by atoms with van der Waals surface area (Å²) in [5, 5.41) is 4.20. The van der Waals surface area contributed by atoms with Crippen LogP contribution in [0.1, 0.15) is 16.7 Å². The highest BCUT2D eigenvalue weighted by molar-refractivity contribution is 7.80. The number of nitrogens with one attached hydrogen (secondary N) is 2. The SMILES string of the molecule is Cc1cc(C)cc(NC(=S)N(CC[NH+](C)C)Cc2ccccc2)c1. The van der Waals surface area contributed by atoms with Crippen molar-refractivity contribution in [3.63, 3.8) is 0 Å². The third kappa shape index (κ3) is 5.95. The van der Waals surface area contributed by atoms with Crippen molar-refractivity contribution in [1.82, 2.24) is 4.90 Å². The normalized spacial score (nSPS) is 10.7. The van der Waals surface area contributed by atoms with E-state index in [2.05, 4.69) is 80.6 Å². The molecule has 2 rings (SSSR count). The van der Waals surface area contributed by atoms with Gasteiger partial charge in [0.15, 0.2) is 5.11 Å². The molecule has 3 nitrogen and oxygen atoms in total. The van der Waals surface area contributed by atoms with Crippen molar-refractivity contribution in [2.24, 2.45) is 0 Å². The van der Waals surface area contributed by atoms with Gasteiger partial charge in [0.25, 0.3) is 0 Å². The van der Waals surface area contributed by atoms with Crippen LogP contribution in [0.3, 0.4) is 0 Å². The van der Waals surface area contributed by atoms with Crippen LogP contribution in [0.2, 0.25) is 0 Å². The number of rotatable bonds is 6. The number of likely N-dealkylation sites (N-methyl/N-ethyl adjacent to an activating group) is 1. The zero-order chi connectivity index (χ0) is 17.5. The van der Waals surface area contributed by atoms with E-state index >= 15 is 0 Å². The largest absolute Gasteiger partial charge is 0.339 e. The topological polar surface area (TPSA) is 19.7 Å². The Morgan fingerprint density at radius 3 is 2.25 bits per heavy atom. The van der Waals surface area contributed by atoms with Gasteiger partial charge in [0.05, 0.1) is 27.2 Å². The monoisotopic (exact) mass is 342 g/mol. The average molecular weight is 343 g/mol. The first-order chi connectivity index (χ1) is 11.4. The first kappa shape index (κ1) is 18.4. The summed E-state index contributed by atoms with van der Waals surface area (Å²) in [5.41, 5.74) is 4.82. The number of hydrogen-bond acceptors (Lipinski definition) is 1. The second-order valence-electron chi connectivity index (χ2n) is 6.67. The molecule has 0 heterocycles. The molecule has 0 amide bonds. The van der Waals surface area contributed by atoms with Crippen molar-refractivity contribution in [3.8, 4) is 0 Å². The van der Waals surface area contributed by atoms with E-state index in [0.717, 1.165) is 30.4 Å². The molecule has 128 valence electrons. The fraction of sp³-hybridized carbons (Fsp3) is 0.350. The van der Waals surface area contributed by atoms with Crippen molar-refractivity contribution in [3.05, 3.63) is 65.2 Å². The van der Waals surface area contributed by atoms with E-state index in [4.69, 9.17) is 12.2 Å². The highest BCUT2D eigenvalue weighted by atomic mass is 32.1. The standard InChI is InChI=1S/C20H27N3S/c1-16-12-17(2)14-19(13-16)21-20(24)23(11-10-22(3)4)15-18-8-6-5-7-9-18/h5-9,12-14H,10-11,15H2,1-4H3,(H,21,24)/p+1. The van der Waals surface area contributed by atoms with Crippen LogP contribution in [0, 0.1) is 13.8 Å². The maximum absolute atomic E-state index is 5.70. The minimum atomic E-state index is 0.783.